The van der Waals surface area contributed by atoms with Crippen LogP contribution in [0, 0.1) is 11.3 Å². The summed E-state index contributed by atoms with van der Waals surface area (Å²) in [5, 5.41) is 3.25. The van der Waals surface area contributed by atoms with Crippen molar-refractivity contribution in [3.63, 3.8) is 0 Å². The van der Waals surface area contributed by atoms with Gasteiger partial charge in [0.05, 0.1) is 0 Å². The summed E-state index contributed by atoms with van der Waals surface area (Å²) >= 11 is 9.21. The molecule has 19 heavy (non-hydrogen) atoms. The third kappa shape index (κ3) is 5.42. The maximum absolute atomic E-state index is 12.6. The molecule has 4 heteroatoms. The van der Waals surface area contributed by atoms with Crippen LogP contribution in [0.3, 0.4) is 0 Å². The molecule has 0 spiro atoms. The van der Waals surface area contributed by atoms with E-state index >= 15 is 0 Å². The highest BCUT2D eigenvalue weighted by Crippen LogP contribution is 2.37. The van der Waals surface area contributed by atoms with Crippen molar-refractivity contribution in [3.8, 4) is 0 Å². The van der Waals surface area contributed by atoms with Crippen molar-refractivity contribution in [2.75, 3.05) is 0 Å². The number of nitrogens with one attached hydrogen (secondary N) is 1. The Labute approximate surface area is 129 Å². The number of carbonyl (C=O) groups excluding carboxylic acids is 1. The van der Waals surface area contributed by atoms with Gasteiger partial charge in [-0.1, -0.05) is 46.8 Å². The topological polar surface area (TPSA) is 29.1 Å². The van der Waals surface area contributed by atoms with E-state index in [1.807, 2.05) is 6.92 Å². The van der Waals surface area contributed by atoms with Crippen molar-refractivity contribution in [2.24, 2.45) is 11.3 Å². The molecule has 0 radical (unpaired) electrons. The molecule has 3 atom stereocenters. The Balaban J connectivity index is 5.13. The summed E-state index contributed by atoms with van der Waals surface area (Å²) in [7, 11) is 0. The lowest BCUT2D eigenvalue weighted by molar-refractivity contribution is -0.133. The van der Waals surface area contributed by atoms with Gasteiger partial charge in [0.25, 0.3) is 0 Å². The molecule has 0 fully saturated rings. The van der Waals surface area contributed by atoms with Crippen molar-refractivity contribution in [1.82, 2.24) is 5.32 Å². The summed E-state index contributed by atoms with van der Waals surface area (Å²) in [6.07, 6.45) is 3.45. The highest BCUT2D eigenvalue weighted by atomic mass is 32.1. The molecule has 0 aromatic carbocycles. The standard InChI is InChI=1S/C15H29NOS2/c1-7-11(4)12(17)14(5,8-2)10-15(6,9-3)16-13(18)19/h11H,7-10H2,1-6H3,(H2,16,18,19). The van der Waals surface area contributed by atoms with Gasteiger partial charge in [-0.15, -0.1) is 12.6 Å². The van der Waals surface area contributed by atoms with Crippen molar-refractivity contribution >= 4 is 35.0 Å². The Kier molecular flexibility index (Phi) is 7.59. The van der Waals surface area contributed by atoms with E-state index in [0.717, 1.165) is 25.7 Å². The fraction of sp³-hybridized carbons (Fsp3) is 0.867. The summed E-state index contributed by atoms with van der Waals surface area (Å²) in [6.45, 7) is 12.5. The Hall–Kier alpha value is -0.0900. The van der Waals surface area contributed by atoms with Crippen LogP contribution in [-0.4, -0.2) is 15.6 Å². The van der Waals surface area contributed by atoms with Gasteiger partial charge in [0.15, 0.2) is 0 Å². The van der Waals surface area contributed by atoms with Crippen LogP contribution in [-0.2, 0) is 4.79 Å². The summed E-state index contributed by atoms with van der Waals surface area (Å²) in [6, 6.07) is 0. The minimum atomic E-state index is -0.300. The van der Waals surface area contributed by atoms with Crippen LogP contribution in [0.2, 0.25) is 0 Å². The zero-order valence-corrected chi connectivity index (χ0v) is 14.9. The van der Waals surface area contributed by atoms with Crippen molar-refractivity contribution < 1.29 is 4.79 Å². The molecule has 0 bridgehead atoms. The number of Topliss-reactive ketones (excluding diaryl/α,β-unsaturated/α-hetero) is 1. The molecule has 0 saturated carbocycles. The second-order valence-electron chi connectivity index (χ2n) is 6.11. The normalized spacial score (nSPS) is 19.1. The number of ketones is 1. The zero-order chi connectivity index (χ0) is 15.3. The van der Waals surface area contributed by atoms with Gasteiger partial charge in [0.1, 0.15) is 10.1 Å². The highest BCUT2D eigenvalue weighted by molar-refractivity contribution is 8.11. The molecule has 0 aliphatic carbocycles. The van der Waals surface area contributed by atoms with Gasteiger partial charge in [-0.25, -0.2) is 0 Å². The van der Waals surface area contributed by atoms with Gasteiger partial charge in [0, 0.05) is 16.9 Å². The van der Waals surface area contributed by atoms with Crippen LogP contribution < -0.4 is 5.32 Å². The third-order valence-electron chi connectivity index (χ3n) is 4.40. The van der Waals surface area contributed by atoms with Crippen molar-refractivity contribution in [2.45, 2.75) is 72.8 Å². The van der Waals surface area contributed by atoms with Gasteiger partial charge in [-0.2, -0.15) is 0 Å². The number of thiocarbonyl (C=S) groups is 1. The van der Waals surface area contributed by atoms with E-state index in [0.29, 0.717) is 10.1 Å². The first-order valence-electron chi connectivity index (χ1n) is 7.19. The molecule has 0 saturated heterocycles. The summed E-state index contributed by atoms with van der Waals surface area (Å²) < 4.78 is 0.499. The number of hydrogen-bond acceptors (Lipinski definition) is 2. The molecule has 112 valence electrons. The molecule has 0 aromatic heterocycles. The van der Waals surface area contributed by atoms with E-state index in [-0.39, 0.29) is 16.9 Å². The van der Waals surface area contributed by atoms with Crippen LogP contribution >= 0.6 is 24.8 Å². The summed E-state index contributed by atoms with van der Waals surface area (Å²) in [4.78, 5) is 12.6. The maximum Gasteiger partial charge on any atom is 0.141 e. The molecule has 0 aromatic rings. The second-order valence-corrected chi connectivity index (χ2v) is 7.27. The smallest absolute Gasteiger partial charge is 0.141 e. The van der Waals surface area contributed by atoms with Gasteiger partial charge in [-0.05, 0) is 32.6 Å². The average Bonchev–Trinajstić information content (AvgIpc) is 2.35. The second kappa shape index (κ2) is 7.63. The molecule has 1 N–H and O–H groups in total. The molecular weight excluding hydrogens is 274 g/mol. The quantitative estimate of drug-likeness (QED) is 0.515. The molecule has 0 aliphatic heterocycles. The molecule has 0 amide bonds. The lowest BCUT2D eigenvalue weighted by atomic mass is 9.69. The molecule has 0 heterocycles. The Morgan fingerprint density at radius 1 is 1.26 bits per heavy atom. The first kappa shape index (κ1) is 18.9. The van der Waals surface area contributed by atoms with Crippen molar-refractivity contribution in [1.29, 1.82) is 0 Å². The van der Waals surface area contributed by atoms with E-state index in [9.17, 15) is 4.79 Å². The van der Waals surface area contributed by atoms with Crippen molar-refractivity contribution in [3.05, 3.63) is 0 Å². The average molecular weight is 304 g/mol. The fourth-order valence-electron chi connectivity index (χ4n) is 2.54. The summed E-state index contributed by atoms with van der Waals surface area (Å²) in [5.74, 6) is 0.484. The van der Waals surface area contributed by atoms with Crippen LogP contribution in [0.1, 0.15) is 67.2 Å². The van der Waals surface area contributed by atoms with E-state index in [2.05, 4.69) is 52.6 Å². The van der Waals surface area contributed by atoms with Crippen LogP contribution in [0.25, 0.3) is 0 Å². The predicted molar refractivity (Wildman–Crippen MR) is 90.9 cm³/mol. The Bertz CT molecular complexity index is 332. The number of hydrogen-bond donors (Lipinski definition) is 2. The molecule has 2 nitrogen and oxygen atoms in total. The maximum atomic E-state index is 12.6. The Morgan fingerprint density at radius 3 is 2.11 bits per heavy atom. The molecule has 0 rings (SSSR count). The summed E-state index contributed by atoms with van der Waals surface area (Å²) in [5.41, 5.74) is -0.474. The molecule has 0 aliphatic rings. The number of rotatable bonds is 8. The van der Waals surface area contributed by atoms with Gasteiger partial charge >= 0.3 is 0 Å². The first-order valence-corrected chi connectivity index (χ1v) is 8.05. The fourth-order valence-corrected chi connectivity index (χ4v) is 3.06. The zero-order valence-electron chi connectivity index (χ0n) is 13.2. The van der Waals surface area contributed by atoms with Crippen LogP contribution in [0.5, 0.6) is 0 Å². The Morgan fingerprint density at radius 2 is 1.79 bits per heavy atom. The third-order valence-corrected chi connectivity index (χ3v) is 4.62. The lowest BCUT2D eigenvalue weighted by Crippen LogP contribution is -2.49. The monoisotopic (exact) mass is 303 g/mol. The SMILES string of the molecule is CCC(C)C(=O)C(C)(CC)CC(C)(CC)NC(=S)S. The minimum Gasteiger partial charge on any atom is -0.366 e. The minimum absolute atomic E-state index is 0.119. The largest absolute Gasteiger partial charge is 0.366 e. The molecule has 3 unspecified atom stereocenters. The van der Waals surface area contributed by atoms with Gasteiger partial charge in [-0.3, -0.25) is 4.79 Å². The number of thiol groups is 1. The van der Waals surface area contributed by atoms with Crippen LogP contribution in [0.15, 0.2) is 0 Å². The van der Waals surface area contributed by atoms with E-state index in [1.165, 1.54) is 0 Å². The first-order chi connectivity index (χ1) is 8.64. The van der Waals surface area contributed by atoms with E-state index in [1.54, 1.807) is 0 Å². The van der Waals surface area contributed by atoms with Gasteiger partial charge in [0.2, 0.25) is 0 Å². The van der Waals surface area contributed by atoms with Crippen LogP contribution in [0.4, 0.5) is 0 Å². The highest BCUT2D eigenvalue weighted by Gasteiger charge is 2.40. The predicted octanol–water partition coefficient (Wildman–Crippen LogP) is 4.38. The number of carbonyl (C=O) groups is 1. The van der Waals surface area contributed by atoms with E-state index in [4.69, 9.17) is 12.2 Å². The van der Waals surface area contributed by atoms with Gasteiger partial charge < -0.3 is 5.32 Å². The molecular formula is C15H29NOS2. The van der Waals surface area contributed by atoms with E-state index < -0.39 is 0 Å². The lowest BCUT2D eigenvalue weighted by Gasteiger charge is -2.39.